The van der Waals surface area contributed by atoms with Crippen LogP contribution in [0.5, 0.6) is 0 Å². The first kappa shape index (κ1) is 15.3. The van der Waals surface area contributed by atoms with Crippen LogP contribution in [0.25, 0.3) is 16.9 Å². The summed E-state index contributed by atoms with van der Waals surface area (Å²) in [6, 6.07) is 4.60. The molecule has 0 radical (unpaired) electrons. The molecule has 2 aromatic heterocycles. The molecule has 2 aliphatic rings. The molecule has 5 nitrogen and oxygen atoms in total. The van der Waals surface area contributed by atoms with Crippen molar-refractivity contribution in [3.05, 3.63) is 40.5 Å². The highest BCUT2D eigenvalue weighted by Crippen LogP contribution is 2.48. The first-order valence-electron chi connectivity index (χ1n) is 8.22. The number of nitrogens with zero attached hydrogens (tertiary/aromatic N) is 5. The monoisotopic (exact) mass is 377 g/mol. The van der Waals surface area contributed by atoms with Gasteiger partial charge in [-0.15, -0.1) is 0 Å². The van der Waals surface area contributed by atoms with Crippen LogP contribution in [0, 0.1) is 17.7 Å². The highest BCUT2D eigenvalue weighted by Gasteiger charge is 2.42. The fourth-order valence-corrected chi connectivity index (χ4v) is 4.33. The molecule has 5 rings (SSSR count). The molecule has 2 atom stereocenters. The minimum Gasteiger partial charge on any atom is -0.356 e. The van der Waals surface area contributed by atoms with Gasteiger partial charge in [0.2, 0.25) is 0 Å². The van der Waals surface area contributed by atoms with Gasteiger partial charge in [0, 0.05) is 18.7 Å². The fourth-order valence-electron chi connectivity index (χ4n) is 3.82. The zero-order valence-corrected chi connectivity index (χ0v) is 14.7. The van der Waals surface area contributed by atoms with Gasteiger partial charge in [-0.25, -0.2) is 4.39 Å². The predicted molar refractivity (Wildman–Crippen MR) is 94.6 cm³/mol. The summed E-state index contributed by atoms with van der Waals surface area (Å²) in [4.78, 5) is 10.6. The Kier molecular flexibility index (Phi) is 3.40. The van der Waals surface area contributed by atoms with Gasteiger partial charge >= 0.3 is 0 Å². The maximum Gasteiger partial charge on any atom is 0.255 e. The van der Waals surface area contributed by atoms with Crippen LogP contribution in [0.4, 0.5) is 10.2 Å². The molecule has 2 fully saturated rings. The Morgan fingerprint density at radius 2 is 2.04 bits per heavy atom. The summed E-state index contributed by atoms with van der Waals surface area (Å²) in [6.45, 7) is 1.77. The number of piperidine rings is 1. The normalized spacial score (nSPS) is 22.3. The summed E-state index contributed by atoms with van der Waals surface area (Å²) in [7, 11) is 0. The van der Waals surface area contributed by atoms with Gasteiger partial charge in [-0.1, -0.05) is 29.3 Å². The second-order valence-electron chi connectivity index (χ2n) is 6.66. The van der Waals surface area contributed by atoms with Gasteiger partial charge in [0.05, 0.1) is 10.6 Å². The van der Waals surface area contributed by atoms with Crippen molar-refractivity contribution in [3.63, 3.8) is 0 Å². The Bertz CT molecular complexity index is 968. The second kappa shape index (κ2) is 5.54. The fraction of sp³-hybridized carbons (Fsp3) is 0.353. The third-order valence-corrected chi connectivity index (χ3v) is 5.75. The van der Waals surface area contributed by atoms with Gasteiger partial charge in [0.25, 0.3) is 5.78 Å². The van der Waals surface area contributed by atoms with Crippen molar-refractivity contribution in [3.8, 4) is 11.1 Å². The molecule has 1 saturated heterocycles. The molecule has 3 heterocycles. The van der Waals surface area contributed by atoms with E-state index in [1.54, 1.807) is 16.6 Å². The van der Waals surface area contributed by atoms with Gasteiger partial charge in [-0.2, -0.15) is 19.6 Å². The molecule has 1 aromatic carbocycles. The van der Waals surface area contributed by atoms with Crippen molar-refractivity contribution >= 4 is 34.8 Å². The standard InChI is InChI=1S/C17H14Cl2FN5/c18-11-2-1-3-12(20)13(11)14-15(19)23-17-21-8-22-25(17)16(14)24-5-4-9-6-10(9)7-24/h1-3,8-10H,4-7H2. The van der Waals surface area contributed by atoms with E-state index in [9.17, 15) is 4.39 Å². The van der Waals surface area contributed by atoms with Crippen LogP contribution in [0.3, 0.4) is 0 Å². The van der Waals surface area contributed by atoms with Crippen molar-refractivity contribution in [1.82, 2.24) is 19.6 Å². The van der Waals surface area contributed by atoms with Gasteiger partial charge < -0.3 is 4.90 Å². The van der Waals surface area contributed by atoms with Gasteiger partial charge in [-0.05, 0) is 36.8 Å². The van der Waals surface area contributed by atoms with Crippen LogP contribution < -0.4 is 4.90 Å². The van der Waals surface area contributed by atoms with E-state index in [-0.39, 0.29) is 10.7 Å². The molecule has 8 heteroatoms. The lowest BCUT2D eigenvalue weighted by Crippen LogP contribution is -2.33. The minimum absolute atomic E-state index is 0.181. The first-order chi connectivity index (χ1) is 12.1. The summed E-state index contributed by atoms with van der Waals surface area (Å²) in [5.41, 5.74) is 0.730. The van der Waals surface area contributed by atoms with E-state index >= 15 is 0 Å². The van der Waals surface area contributed by atoms with E-state index in [0.717, 1.165) is 25.4 Å². The molecular weight excluding hydrogens is 364 g/mol. The smallest absolute Gasteiger partial charge is 0.255 e. The SMILES string of the molecule is Fc1cccc(Cl)c1-c1c(Cl)nc2ncnn2c1N1CCC2CC2C1. The van der Waals surface area contributed by atoms with Crippen LogP contribution in [-0.2, 0) is 0 Å². The second-order valence-corrected chi connectivity index (χ2v) is 7.43. The maximum absolute atomic E-state index is 14.6. The van der Waals surface area contributed by atoms with Crippen molar-refractivity contribution in [2.75, 3.05) is 18.0 Å². The van der Waals surface area contributed by atoms with Crippen LogP contribution >= 0.6 is 23.2 Å². The lowest BCUT2D eigenvalue weighted by atomic mass is 10.0. The molecular formula is C17H14Cl2FN5. The molecule has 128 valence electrons. The van der Waals surface area contributed by atoms with Crippen molar-refractivity contribution in [2.45, 2.75) is 12.8 Å². The number of halogens is 3. The number of hydrogen-bond acceptors (Lipinski definition) is 4. The Labute approximate surface area is 153 Å². The Morgan fingerprint density at radius 3 is 2.84 bits per heavy atom. The maximum atomic E-state index is 14.6. The minimum atomic E-state index is -0.432. The van der Waals surface area contributed by atoms with Gasteiger partial charge in [-0.3, -0.25) is 0 Å². The van der Waals surface area contributed by atoms with Crippen LogP contribution in [0.2, 0.25) is 10.2 Å². The quantitative estimate of drug-likeness (QED) is 0.631. The number of anilines is 1. The molecule has 0 N–H and O–H groups in total. The van der Waals surface area contributed by atoms with Crippen LogP contribution in [-0.4, -0.2) is 32.7 Å². The summed E-state index contributed by atoms with van der Waals surface area (Å²) < 4.78 is 16.3. The molecule has 1 aliphatic heterocycles. The Hall–Kier alpha value is -1.92. The van der Waals surface area contributed by atoms with E-state index in [2.05, 4.69) is 20.0 Å². The Balaban J connectivity index is 1.80. The first-order valence-corrected chi connectivity index (χ1v) is 8.97. The molecule has 2 unspecified atom stereocenters. The van der Waals surface area contributed by atoms with Crippen molar-refractivity contribution < 1.29 is 4.39 Å². The number of rotatable bonds is 2. The number of fused-ring (bicyclic) bond motifs is 2. The number of hydrogen-bond donors (Lipinski definition) is 0. The van der Waals surface area contributed by atoms with E-state index in [1.165, 1.54) is 18.8 Å². The van der Waals surface area contributed by atoms with E-state index in [0.29, 0.717) is 28.1 Å². The van der Waals surface area contributed by atoms with E-state index in [4.69, 9.17) is 23.2 Å². The average molecular weight is 378 g/mol. The van der Waals surface area contributed by atoms with Crippen molar-refractivity contribution in [1.29, 1.82) is 0 Å². The molecule has 3 aromatic rings. The lowest BCUT2D eigenvalue weighted by molar-refractivity contribution is 0.543. The summed E-state index contributed by atoms with van der Waals surface area (Å²) in [6.07, 6.45) is 3.80. The van der Waals surface area contributed by atoms with Crippen LogP contribution in [0.1, 0.15) is 12.8 Å². The van der Waals surface area contributed by atoms with Crippen LogP contribution in [0.15, 0.2) is 24.5 Å². The molecule has 0 spiro atoms. The lowest BCUT2D eigenvalue weighted by Gasteiger charge is -2.30. The largest absolute Gasteiger partial charge is 0.356 e. The van der Waals surface area contributed by atoms with Crippen molar-refractivity contribution in [2.24, 2.45) is 11.8 Å². The Morgan fingerprint density at radius 1 is 1.16 bits per heavy atom. The number of benzene rings is 1. The highest BCUT2D eigenvalue weighted by atomic mass is 35.5. The predicted octanol–water partition coefficient (Wildman–Crippen LogP) is 4.08. The molecule has 25 heavy (non-hydrogen) atoms. The number of aromatic nitrogens is 4. The van der Waals surface area contributed by atoms with E-state index in [1.807, 2.05) is 0 Å². The summed E-state index contributed by atoms with van der Waals surface area (Å²) >= 11 is 12.8. The summed E-state index contributed by atoms with van der Waals surface area (Å²) in [5, 5.41) is 4.77. The molecule has 1 aliphatic carbocycles. The van der Waals surface area contributed by atoms with Gasteiger partial charge in [0.15, 0.2) is 0 Å². The third kappa shape index (κ3) is 2.39. The van der Waals surface area contributed by atoms with E-state index < -0.39 is 5.82 Å². The molecule has 1 saturated carbocycles. The highest BCUT2D eigenvalue weighted by molar-refractivity contribution is 6.36. The average Bonchev–Trinajstić information content (AvgIpc) is 3.22. The zero-order valence-electron chi connectivity index (χ0n) is 13.2. The third-order valence-electron chi connectivity index (χ3n) is 5.16. The topological polar surface area (TPSA) is 46.3 Å². The zero-order chi connectivity index (χ0) is 17.1. The molecule has 0 amide bonds. The molecule has 0 bridgehead atoms. The summed E-state index contributed by atoms with van der Waals surface area (Å²) in [5.74, 6) is 2.18. The van der Waals surface area contributed by atoms with Gasteiger partial charge in [0.1, 0.15) is 23.1 Å².